The van der Waals surface area contributed by atoms with Gasteiger partial charge in [0, 0.05) is 17.7 Å². The summed E-state index contributed by atoms with van der Waals surface area (Å²) in [6, 6.07) is 0. The lowest BCUT2D eigenvalue weighted by molar-refractivity contribution is 0.427. The van der Waals surface area contributed by atoms with Gasteiger partial charge in [0.15, 0.2) is 0 Å². The molecular formula is C12H18N2O. The van der Waals surface area contributed by atoms with Gasteiger partial charge >= 0.3 is 0 Å². The van der Waals surface area contributed by atoms with E-state index >= 15 is 0 Å². The molecule has 1 fully saturated rings. The van der Waals surface area contributed by atoms with Crippen LogP contribution in [0.4, 0.5) is 0 Å². The SMILES string of the molecule is CCc1cnc(C2CCCCC2)[nH]c1=O. The molecule has 15 heavy (non-hydrogen) atoms. The van der Waals surface area contributed by atoms with Crippen LogP contribution in [0.1, 0.15) is 56.3 Å². The van der Waals surface area contributed by atoms with Crippen molar-refractivity contribution in [2.45, 2.75) is 51.4 Å². The lowest BCUT2D eigenvalue weighted by Crippen LogP contribution is -2.18. The van der Waals surface area contributed by atoms with Crippen molar-refractivity contribution in [2.75, 3.05) is 0 Å². The number of nitrogens with one attached hydrogen (secondary N) is 1. The minimum Gasteiger partial charge on any atom is -0.310 e. The maximum absolute atomic E-state index is 11.6. The Kier molecular flexibility index (Phi) is 3.19. The van der Waals surface area contributed by atoms with E-state index < -0.39 is 0 Å². The molecule has 2 rings (SSSR count). The van der Waals surface area contributed by atoms with Gasteiger partial charge in [-0.2, -0.15) is 0 Å². The topological polar surface area (TPSA) is 45.8 Å². The van der Waals surface area contributed by atoms with Crippen LogP contribution in [-0.4, -0.2) is 9.97 Å². The average Bonchev–Trinajstić information content (AvgIpc) is 2.30. The standard InChI is InChI=1S/C12H18N2O/c1-2-9-8-13-11(14-12(9)15)10-6-4-3-5-7-10/h8,10H,2-7H2,1H3,(H,13,14,15). The molecule has 0 unspecified atom stereocenters. The monoisotopic (exact) mass is 206 g/mol. The van der Waals surface area contributed by atoms with Crippen LogP contribution in [-0.2, 0) is 6.42 Å². The third-order valence-electron chi connectivity index (χ3n) is 3.27. The Balaban J connectivity index is 2.21. The van der Waals surface area contributed by atoms with Crippen molar-refractivity contribution in [1.82, 2.24) is 9.97 Å². The van der Waals surface area contributed by atoms with Gasteiger partial charge in [0.1, 0.15) is 5.82 Å². The normalized spacial score (nSPS) is 17.9. The van der Waals surface area contributed by atoms with Crippen molar-refractivity contribution in [3.8, 4) is 0 Å². The number of aryl methyl sites for hydroxylation is 1. The molecule has 1 aliphatic rings. The maximum Gasteiger partial charge on any atom is 0.254 e. The number of nitrogens with zero attached hydrogens (tertiary/aromatic N) is 1. The molecule has 3 heteroatoms. The number of rotatable bonds is 2. The summed E-state index contributed by atoms with van der Waals surface area (Å²) in [6.07, 6.45) is 8.71. The second kappa shape index (κ2) is 4.60. The second-order valence-electron chi connectivity index (χ2n) is 4.31. The van der Waals surface area contributed by atoms with Crippen LogP contribution in [0.3, 0.4) is 0 Å². The molecule has 3 nitrogen and oxygen atoms in total. The Morgan fingerprint density at radius 2 is 2.13 bits per heavy atom. The molecule has 0 spiro atoms. The molecule has 1 N–H and O–H groups in total. The predicted octanol–water partition coefficient (Wildman–Crippen LogP) is 2.38. The summed E-state index contributed by atoms with van der Waals surface area (Å²) in [5.74, 6) is 1.38. The third kappa shape index (κ3) is 2.28. The Morgan fingerprint density at radius 3 is 2.73 bits per heavy atom. The fraction of sp³-hybridized carbons (Fsp3) is 0.667. The molecule has 1 heterocycles. The summed E-state index contributed by atoms with van der Waals surface area (Å²) in [7, 11) is 0. The first kappa shape index (κ1) is 10.4. The van der Waals surface area contributed by atoms with Gasteiger partial charge in [-0.25, -0.2) is 4.98 Å². The van der Waals surface area contributed by atoms with E-state index in [1.165, 1.54) is 32.1 Å². The Labute approximate surface area is 89.9 Å². The van der Waals surface area contributed by atoms with Gasteiger partial charge in [-0.15, -0.1) is 0 Å². The number of H-pyrrole nitrogens is 1. The third-order valence-corrected chi connectivity index (χ3v) is 3.27. The van der Waals surface area contributed by atoms with E-state index in [2.05, 4.69) is 9.97 Å². The molecule has 0 bridgehead atoms. The van der Waals surface area contributed by atoms with Crippen LogP contribution in [0, 0.1) is 0 Å². The largest absolute Gasteiger partial charge is 0.310 e. The number of hydrogen-bond donors (Lipinski definition) is 1. The van der Waals surface area contributed by atoms with E-state index in [9.17, 15) is 4.79 Å². The van der Waals surface area contributed by atoms with Crippen molar-refractivity contribution >= 4 is 0 Å². The minimum atomic E-state index is 0.0491. The summed E-state index contributed by atoms with van der Waals surface area (Å²) in [6.45, 7) is 1.98. The molecule has 0 radical (unpaired) electrons. The van der Waals surface area contributed by atoms with Crippen molar-refractivity contribution in [3.63, 3.8) is 0 Å². The first-order chi connectivity index (χ1) is 7.31. The van der Waals surface area contributed by atoms with Crippen LogP contribution in [0.2, 0.25) is 0 Å². The molecule has 1 aromatic heterocycles. The van der Waals surface area contributed by atoms with E-state index in [0.717, 1.165) is 17.8 Å². The lowest BCUT2D eigenvalue weighted by Gasteiger charge is -2.20. The molecule has 1 saturated carbocycles. The highest BCUT2D eigenvalue weighted by atomic mass is 16.1. The Morgan fingerprint density at radius 1 is 1.40 bits per heavy atom. The van der Waals surface area contributed by atoms with Crippen LogP contribution in [0.15, 0.2) is 11.0 Å². The summed E-state index contributed by atoms with van der Waals surface area (Å²) in [5, 5.41) is 0. The van der Waals surface area contributed by atoms with Gasteiger partial charge in [-0.3, -0.25) is 4.79 Å². The molecule has 0 amide bonds. The molecule has 1 aromatic rings. The first-order valence-corrected chi connectivity index (χ1v) is 5.89. The number of hydrogen-bond acceptors (Lipinski definition) is 2. The number of aromatic amines is 1. The highest BCUT2D eigenvalue weighted by Gasteiger charge is 2.17. The van der Waals surface area contributed by atoms with Crippen LogP contribution in [0.25, 0.3) is 0 Å². The van der Waals surface area contributed by atoms with E-state index in [0.29, 0.717) is 5.92 Å². The lowest BCUT2D eigenvalue weighted by atomic mass is 9.89. The molecule has 0 atom stereocenters. The highest BCUT2D eigenvalue weighted by molar-refractivity contribution is 5.08. The average molecular weight is 206 g/mol. The highest BCUT2D eigenvalue weighted by Crippen LogP contribution is 2.29. The van der Waals surface area contributed by atoms with Gasteiger partial charge in [0.25, 0.3) is 5.56 Å². The van der Waals surface area contributed by atoms with Crippen LogP contribution < -0.4 is 5.56 Å². The number of aromatic nitrogens is 2. The molecule has 0 aromatic carbocycles. The smallest absolute Gasteiger partial charge is 0.254 e. The van der Waals surface area contributed by atoms with Crippen molar-refractivity contribution in [3.05, 3.63) is 27.9 Å². The van der Waals surface area contributed by atoms with Crippen molar-refractivity contribution < 1.29 is 0 Å². The van der Waals surface area contributed by atoms with Crippen LogP contribution in [0.5, 0.6) is 0 Å². The van der Waals surface area contributed by atoms with Crippen molar-refractivity contribution in [2.24, 2.45) is 0 Å². The summed E-state index contributed by atoms with van der Waals surface area (Å²) in [4.78, 5) is 18.9. The van der Waals surface area contributed by atoms with Gasteiger partial charge in [-0.1, -0.05) is 26.2 Å². The fourth-order valence-electron chi connectivity index (χ4n) is 2.27. The fourth-order valence-corrected chi connectivity index (χ4v) is 2.27. The molecule has 82 valence electrons. The zero-order valence-electron chi connectivity index (χ0n) is 9.25. The van der Waals surface area contributed by atoms with Gasteiger partial charge in [0.2, 0.25) is 0 Å². The van der Waals surface area contributed by atoms with Crippen LogP contribution >= 0.6 is 0 Å². The molecule has 0 aliphatic heterocycles. The zero-order valence-corrected chi connectivity index (χ0v) is 9.25. The van der Waals surface area contributed by atoms with Gasteiger partial charge in [0.05, 0.1) is 0 Å². The minimum absolute atomic E-state index is 0.0491. The van der Waals surface area contributed by atoms with Gasteiger partial charge < -0.3 is 4.98 Å². The Hall–Kier alpha value is -1.12. The van der Waals surface area contributed by atoms with Gasteiger partial charge in [-0.05, 0) is 19.3 Å². The van der Waals surface area contributed by atoms with E-state index in [1.54, 1.807) is 6.20 Å². The summed E-state index contributed by atoms with van der Waals surface area (Å²) < 4.78 is 0. The summed E-state index contributed by atoms with van der Waals surface area (Å²) >= 11 is 0. The maximum atomic E-state index is 11.6. The first-order valence-electron chi connectivity index (χ1n) is 5.89. The predicted molar refractivity (Wildman–Crippen MR) is 60.1 cm³/mol. The van der Waals surface area contributed by atoms with E-state index in [1.807, 2.05) is 6.92 Å². The van der Waals surface area contributed by atoms with Crippen molar-refractivity contribution in [1.29, 1.82) is 0 Å². The van der Waals surface area contributed by atoms with E-state index in [4.69, 9.17) is 0 Å². The molecular weight excluding hydrogens is 188 g/mol. The molecule has 0 saturated heterocycles. The second-order valence-corrected chi connectivity index (χ2v) is 4.31. The zero-order chi connectivity index (χ0) is 10.7. The summed E-state index contributed by atoms with van der Waals surface area (Å²) in [5.41, 5.74) is 0.836. The van der Waals surface area contributed by atoms with E-state index in [-0.39, 0.29) is 5.56 Å². The quantitative estimate of drug-likeness (QED) is 0.807. The molecule has 1 aliphatic carbocycles. The Bertz CT molecular complexity index is 377.